The maximum atomic E-state index is 10.9. The van der Waals surface area contributed by atoms with Crippen LogP contribution in [0.2, 0.25) is 0 Å². The fourth-order valence-electron chi connectivity index (χ4n) is 0.692. The van der Waals surface area contributed by atoms with Gasteiger partial charge in [-0.2, -0.15) is 10.2 Å². The lowest BCUT2D eigenvalue weighted by atomic mass is 10.6. The van der Waals surface area contributed by atoms with Crippen molar-refractivity contribution in [2.45, 2.75) is 13.8 Å². The van der Waals surface area contributed by atoms with E-state index in [1.165, 1.54) is 18.3 Å². The molecule has 0 aliphatic heterocycles. The van der Waals surface area contributed by atoms with Gasteiger partial charge in [-0.1, -0.05) is 0 Å². The monoisotopic (exact) mass is 181 g/mol. The zero-order chi connectivity index (χ0) is 9.14. The molecule has 0 aliphatic rings. The van der Waals surface area contributed by atoms with Crippen LogP contribution in [0.1, 0.15) is 12.6 Å². The Morgan fingerprint density at radius 3 is 2.83 bits per heavy atom. The summed E-state index contributed by atoms with van der Waals surface area (Å²) in [5, 5.41) is 10.8. The number of anilines is 1. The topological polar surface area (TPSA) is 57.0 Å². The normalized spacial score (nSPS) is 9.08. The van der Waals surface area contributed by atoms with Gasteiger partial charge in [-0.3, -0.25) is 4.79 Å². The van der Waals surface area contributed by atoms with Crippen LogP contribution in [0.4, 0.5) is 5.13 Å². The molecule has 0 radical (unpaired) electrons. The Morgan fingerprint density at radius 1 is 1.83 bits per heavy atom. The van der Waals surface area contributed by atoms with Gasteiger partial charge in [-0.05, 0) is 6.92 Å². The van der Waals surface area contributed by atoms with Crippen LogP contribution in [0.5, 0.6) is 0 Å². The third-order valence-electron chi connectivity index (χ3n) is 1.21. The molecule has 0 N–H and O–H groups in total. The maximum absolute atomic E-state index is 10.9. The van der Waals surface area contributed by atoms with Gasteiger partial charge in [0, 0.05) is 12.3 Å². The highest BCUT2D eigenvalue weighted by atomic mass is 32.1. The Kier molecular flexibility index (Phi) is 2.41. The molecule has 12 heavy (non-hydrogen) atoms. The van der Waals surface area contributed by atoms with Crippen LogP contribution in [0.15, 0.2) is 5.38 Å². The van der Waals surface area contributed by atoms with Gasteiger partial charge in [0.05, 0.1) is 5.69 Å². The lowest BCUT2D eigenvalue weighted by molar-refractivity contribution is -0.115. The number of aromatic nitrogens is 1. The van der Waals surface area contributed by atoms with Crippen molar-refractivity contribution in [3.8, 4) is 6.19 Å². The molecule has 0 aromatic carbocycles. The zero-order valence-corrected chi connectivity index (χ0v) is 7.55. The van der Waals surface area contributed by atoms with Crippen LogP contribution in [0.25, 0.3) is 0 Å². The number of carbonyl (C=O) groups excluding carboxylic acids is 1. The van der Waals surface area contributed by atoms with Gasteiger partial charge in [0.2, 0.25) is 11.0 Å². The van der Waals surface area contributed by atoms with Gasteiger partial charge >= 0.3 is 0 Å². The number of nitrogens with zero attached hydrogens (tertiary/aromatic N) is 3. The van der Waals surface area contributed by atoms with E-state index in [1.807, 2.05) is 6.92 Å². The van der Waals surface area contributed by atoms with Crippen LogP contribution in [0, 0.1) is 18.4 Å². The van der Waals surface area contributed by atoms with Gasteiger partial charge in [-0.25, -0.2) is 4.98 Å². The van der Waals surface area contributed by atoms with Crippen molar-refractivity contribution in [1.82, 2.24) is 4.98 Å². The third kappa shape index (κ3) is 1.60. The van der Waals surface area contributed by atoms with Gasteiger partial charge in [0.25, 0.3) is 0 Å². The van der Waals surface area contributed by atoms with Crippen LogP contribution in [0.3, 0.4) is 0 Å². The van der Waals surface area contributed by atoms with Crippen molar-refractivity contribution in [2.24, 2.45) is 0 Å². The first kappa shape index (κ1) is 8.68. The summed E-state index contributed by atoms with van der Waals surface area (Å²) in [6.07, 6.45) is 1.76. The molecule has 0 fully saturated rings. The molecule has 0 saturated carbocycles. The highest BCUT2D eigenvalue weighted by molar-refractivity contribution is 7.14. The summed E-state index contributed by atoms with van der Waals surface area (Å²) in [7, 11) is 0. The molecule has 62 valence electrons. The van der Waals surface area contributed by atoms with Crippen molar-refractivity contribution < 1.29 is 4.79 Å². The Morgan fingerprint density at radius 2 is 2.50 bits per heavy atom. The van der Waals surface area contributed by atoms with E-state index in [4.69, 9.17) is 5.26 Å². The lowest BCUT2D eigenvalue weighted by Gasteiger charge is -2.04. The first-order chi connectivity index (χ1) is 5.65. The molecule has 0 saturated heterocycles. The third-order valence-corrected chi connectivity index (χ3v) is 2.16. The van der Waals surface area contributed by atoms with Crippen molar-refractivity contribution >= 4 is 22.4 Å². The molecule has 1 aromatic rings. The largest absolute Gasteiger partial charge is 0.274 e. The number of hydrogen-bond acceptors (Lipinski definition) is 4. The van der Waals surface area contributed by atoms with E-state index < -0.39 is 0 Å². The number of thiazole rings is 1. The first-order valence-corrected chi connectivity index (χ1v) is 4.15. The summed E-state index contributed by atoms with van der Waals surface area (Å²) in [4.78, 5) is 15.8. The summed E-state index contributed by atoms with van der Waals surface area (Å²) >= 11 is 1.28. The van der Waals surface area contributed by atoms with E-state index in [2.05, 4.69) is 4.98 Å². The second-order valence-corrected chi connectivity index (χ2v) is 3.06. The molecular weight excluding hydrogens is 174 g/mol. The highest BCUT2D eigenvalue weighted by Crippen LogP contribution is 2.19. The van der Waals surface area contributed by atoms with Crippen LogP contribution in [-0.4, -0.2) is 10.9 Å². The smallest absolute Gasteiger partial charge is 0.239 e. The number of carbonyl (C=O) groups is 1. The molecular formula is C7H7N3OS. The Hall–Kier alpha value is -1.41. The van der Waals surface area contributed by atoms with Gasteiger partial charge < -0.3 is 0 Å². The van der Waals surface area contributed by atoms with E-state index in [0.717, 1.165) is 10.6 Å². The van der Waals surface area contributed by atoms with Gasteiger partial charge in [-0.15, -0.1) is 11.3 Å². The van der Waals surface area contributed by atoms with Crippen LogP contribution < -0.4 is 4.90 Å². The Balaban J connectivity index is 2.97. The lowest BCUT2D eigenvalue weighted by Crippen LogP contribution is -2.21. The number of nitriles is 1. The molecule has 0 unspecified atom stereocenters. The number of aryl methyl sites for hydroxylation is 1. The predicted molar refractivity (Wildman–Crippen MR) is 45.6 cm³/mol. The summed E-state index contributed by atoms with van der Waals surface area (Å²) < 4.78 is 0. The quantitative estimate of drug-likeness (QED) is 0.484. The molecule has 4 nitrogen and oxygen atoms in total. The molecule has 1 heterocycles. The number of rotatable bonds is 1. The van der Waals surface area contributed by atoms with Gasteiger partial charge in [0.1, 0.15) is 0 Å². The average Bonchev–Trinajstić information content (AvgIpc) is 2.37. The SMILES string of the molecule is CC(=O)N(C#N)c1nc(C)cs1. The first-order valence-electron chi connectivity index (χ1n) is 3.27. The minimum Gasteiger partial charge on any atom is -0.274 e. The van der Waals surface area contributed by atoms with Crippen LogP contribution >= 0.6 is 11.3 Å². The summed E-state index contributed by atoms with van der Waals surface area (Å²) in [6, 6.07) is 0. The molecule has 0 aliphatic carbocycles. The van der Waals surface area contributed by atoms with Crippen molar-refractivity contribution in [2.75, 3.05) is 4.90 Å². The minimum atomic E-state index is -0.313. The molecule has 1 amide bonds. The predicted octanol–water partition coefficient (Wildman–Crippen LogP) is 1.29. The molecule has 5 heteroatoms. The zero-order valence-electron chi connectivity index (χ0n) is 6.74. The summed E-state index contributed by atoms with van der Waals surface area (Å²) in [5.74, 6) is -0.313. The minimum absolute atomic E-state index is 0.313. The van der Waals surface area contributed by atoms with E-state index in [9.17, 15) is 4.79 Å². The number of amides is 1. The summed E-state index contributed by atoms with van der Waals surface area (Å²) in [6.45, 7) is 3.15. The molecule has 0 spiro atoms. The molecule has 1 rings (SSSR count). The van der Waals surface area contributed by atoms with Crippen molar-refractivity contribution in [1.29, 1.82) is 5.26 Å². The number of hydrogen-bond donors (Lipinski definition) is 0. The van der Waals surface area contributed by atoms with E-state index in [1.54, 1.807) is 11.6 Å². The second-order valence-electron chi connectivity index (χ2n) is 2.23. The second kappa shape index (κ2) is 3.32. The average molecular weight is 181 g/mol. The summed E-state index contributed by atoms with van der Waals surface area (Å²) in [5.41, 5.74) is 0.816. The van der Waals surface area contributed by atoms with E-state index >= 15 is 0 Å². The Labute approximate surface area is 74.1 Å². The molecule has 0 atom stereocenters. The van der Waals surface area contributed by atoms with Crippen molar-refractivity contribution in [3.63, 3.8) is 0 Å². The Bertz CT molecular complexity index is 339. The fraction of sp³-hybridized carbons (Fsp3) is 0.286. The van der Waals surface area contributed by atoms with Crippen molar-refractivity contribution in [3.05, 3.63) is 11.1 Å². The highest BCUT2D eigenvalue weighted by Gasteiger charge is 2.13. The fourth-order valence-corrected chi connectivity index (χ4v) is 1.49. The molecule has 0 bridgehead atoms. The molecule has 1 aromatic heterocycles. The van der Waals surface area contributed by atoms with E-state index in [0.29, 0.717) is 5.13 Å². The van der Waals surface area contributed by atoms with Crippen LogP contribution in [-0.2, 0) is 4.79 Å². The maximum Gasteiger partial charge on any atom is 0.239 e. The standard InChI is InChI=1S/C7H7N3OS/c1-5-3-12-7(9-5)10(4-8)6(2)11/h3H,1-2H3. The van der Waals surface area contributed by atoms with Gasteiger partial charge in [0.15, 0.2) is 6.19 Å². The van der Waals surface area contributed by atoms with E-state index in [-0.39, 0.29) is 5.91 Å².